The van der Waals surface area contributed by atoms with Gasteiger partial charge in [-0.05, 0) is 34.5 Å². The quantitative estimate of drug-likeness (QED) is 0.862. The summed E-state index contributed by atoms with van der Waals surface area (Å²) in [5, 5.41) is 8.69. The zero-order chi connectivity index (χ0) is 10.8. The van der Waals surface area contributed by atoms with Crippen LogP contribution in [0.5, 0.6) is 0 Å². The Hall–Kier alpha value is -0.940. The molecule has 0 radical (unpaired) electrons. The van der Waals surface area contributed by atoms with E-state index in [1.807, 2.05) is 0 Å². The summed E-state index contributed by atoms with van der Waals surface area (Å²) in [6.07, 6.45) is 3.07. The molecule has 1 aromatic heterocycles. The van der Waals surface area contributed by atoms with Gasteiger partial charge in [-0.1, -0.05) is 0 Å². The van der Waals surface area contributed by atoms with Gasteiger partial charge in [0, 0.05) is 22.4 Å². The lowest BCUT2D eigenvalue weighted by Gasteiger charge is -2.23. The maximum absolute atomic E-state index is 10.6. The summed E-state index contributed by atoms with van der Waals surface area (Å²) in [6.45, 7) is 1.68. The van der Waals surface area contributed by atoms with Crippen molar-refractivity contribution in [2.75, 3.05) is 0 Å². The molecule has 0 aliphatic rings. The number of nitrogens with zero attached hydrogens (tertiary/aromatic N) is 1. The Morgan fingerprint density at radius 3 is 2.93 bits per heavy atom. The van der Waals surface area contributed by atoms with Gasteiger partial charge in [0.15, 0.2) is 0 Å². The maximum Gasteiger partial charge on any atom is 0.305 e. The number of carboxylic acids is 1. The number of pyridine rings is 1. The molecule has 1 atom stereocenters. The molecule has 14 heavy (non-hydrogen) atoms. The molecule has 1 heterocycles. The number of aromatic nitrogens is 1. The fraction of sp³-hybridized carbons (Fsp3) is 0.333. The van der Waals surface area contributed by atoms with Crippen molar-refractivity contribution in [2.45, 2.75) is 18.9 Å². The summed E-state index contributed by atoms with van der Waals surface area (Å²) in [5.74, 6) is -0.918. The van der Waals surface area contributed by atoms with Crippen LogP contribution in [0, 0.1) is 0 Å². The fourth-order valence-corrected chi connectivity index (χ4v) is 1.95. The monoisotopic (exact) mass is 258 g/mol. The molecule has 1 aromatic rings. The number of carboxylic acid groups (broad SMARTS) is 1. The molecule has 0 fully saturated rings. The Morgan fingerprint density at radius 2 is 2.43 bits per heavy atom. The highest BCUT2D eigenvalue weighted by Crippen LogP contribution is 2.27. The first-order valence-corrected chi connectivity index (χ1v) is 4.83. The molecule has 0 spiro atoms. The maximum atomic E-state index is 10.6. The smallest absolute Gasteiger partial charge is 0.305 e. The number of rotatable bonds is 3. The molecule has 0 aromatic carbocycles. The summed E-state index contributed by atoms with van der Waals surface area (Å²) in [4.78, 5) is 14.5. The van der Waals surface area contributed by atoms with Crippen LogP contribution < -0.4 is 5.73 Å². The number of halogens is 1. The van der Waals surface area contributed by atoms with Gasteiger partial charge in [0.05, 0.1) is 6.42 Å². The SMILES string of the molecule is C[C@](N)(CC(=O)O)c1ccncc1Br. The zero-order valence-corrected chi connectivity index (χ0v) is 9.28. The largest absolute Gasteiger partial charge is 0.481 e. The highest BCUT2D eigenvalue weighted by Gasteiger charge is 2.26. The number of carbonyl (C=O) groups is 1. The highest BCUT2D eigenvalue weighted by atomic mass is 79.9. The van der Waals surface area contributed by atoms with E-state index in [1.54, 1.807) is 25.4 Å². The van der Waals surface area contributed by atoms with Crippen LogP contribution >= 0.6 is 15.9 Å². The fourth-order valence-electron chi connectivity index (χ4n) is 1.25. The first-order valence-electron chi connectivity index (χ1n) is 4.04. The van der Waals surface area contributed by atoms with Crippen molar-refractivity contribution in [2.24, 2.45) is 5.73 Å². The molecule has 0 saturated carbocycles. The Kier molecular flexibility index (Phi) is 3.23. The number of nitrogens with two attached hydrogens (primary N) is 1. The Bertz CT molecular complexity index is 352. The minimum Gasteiger partial charge on any atom is -0.481 e. The molecule has 0 bridgehead atoms. The van der Waals surface area contributed by atoms with Crippen molar-refractivity contribution < 1.29 is 9.90 Å². The molecule has 3 N–H and O–H groups in total. The summed E-state index contributed by atoms with van der Waals surface area (Å²) < 4.78 is 0.728. The Balaban J connectivity index is 3.03. The van der Waals surface area contributed by atoms with Gasteiger partial charge in [0.2, 0.25) is 0 Å². The van der Waals surface area contributed by atoms with Gasteiger partial charge in [-0.15, -0.1) is 0 Å². The van der Waals surface area contributed by atoms with Gasteiger partial charge < -0.3 is 10.8 Å². The van der Waals surface area contributed by atoms with Crippen LogP contribution in [0.1, 0.15) is 18.9 Å². The molecular formula is C9H11BrN2O2. The lowest BCUT2D eigenvalue weighted by Crippen LogP contribution is -2.35. The van der Waals surface area contributed by atoms with E-state index in [2.05, 4.69) is 20.9 Å². The third-order valence-electron chi connectivity index (χ3n) is 1.91. The van der Waals surface area contributed by atoms with Crippen LogP contribution in [0.25, 0.3) is 0 Å². The van der Waals surface area contributed by atoms with E-state index in [1.165, 1.54) is 0 Å². The molecule has 0 saturated heterocycles. The average molecular weight is 259 g/mol. The second kappa shape index (κ2) is 4.06. The first kappa shape index (κ1) is 11.1. The van der Waals surface area contributed by atoms with Crippen molar-refractivity contribution >= 4 is 21.9 Å². The average Bonchev–Trinajstić information content (AvgIpc) is 2.02. The lowest BCUT2D eigenvalue weighted by atomic mass is 9.91. The molecule has 0 aliphatic carbocycles. The predicted molar refractivity (Wildman–Crippen MR) is 55.7 cm³/mol. The molecule has 0 unspecified atom stereocenters. The van der Waals surface area contributed by atoms with Crippen LogP contribution in [0.4, 0.5) is 0 Å². The van der Waals surface area contributed by atoms with E-state index in [4.69, 9.17) is 10.8 Å². The van der Waals surface area contributed by atoms with Crippen LogP contribution in [-0.4, -0.2) is 16.1 Å². The second-order valence-electron chi connectivity index (χ2n) is 3.34. The highest BCUT2D eigenvalue weighted by molar-refractivity contribution is 9.10. The Morgan fingerprint density at radius 1 is 1.79 bits per heavy atom. The van der Waals surface area contributed by atoms with E-state index in [9.17, 15) is 4.79 Å². The molecule has 76 valence electrons. The van der Waals surface area contributed by atoms with Gasteiger partial charge in [-0.3, -0.25) is 9.78 Å². The van der Waals surface area contributed by atoms with Crippen LogP contribution in [0.2, 0.25) is 0 Å². The van der Waals surface area contributed by atoms with Crippen molar-refractivity contribution in [3.63, 3.8) is 0 Å². The number of hydrogen-bond acceptors (Lipinski definition) is 3. The number of hydrogen-bond donors (Lipinski definition) is 2. The molecule has 1 rings (SSSR count). The van der Waals surface area contributed by atoms with Gasteiger partial charge in [-0.2, -0.15) is 0 Å². The molecule has 4 nitrogen and oxygen atoms in total. The van der Waals surface area contributed by atoms with E-state index >= 15 is 0 Å². The standard InChI is InChI=1S/C9H11BrN2O2/c1-9(11,4-8(13)14)6-2-3-12-5-7(6)10/h2-3,5H,4,11H2,1H3,(H,13,14)/t9-/m0/s1. The lowest BCUT2D eigenvalue weighted by molar-refractivity contribution is -0.138. The van der Waals surface area contributed by atoms with Crippen LogP contribution in [0.3, 0.4) is 0 Å². The summed E-state index contributed by atoms with van der Waals surface area (Å²) in [6, 6.07) is 1.72. The predicted octanol–water partition coefficient (Wildman–Crippen LogP) is 1.49. The normalized spacial score (nSPS) is 14.8. The zero-order valence-electron chi connectivity index (χ0n) is 7.70. The molecule has 5 heteroatoms. The third-order valence-corrected chi connectivity index (χ3v) is 2.54. The van der Waals surface area contributed by atoms with Gasteiger partial charge in [0.1, 0.15) is 0 Å². The van der Waals surface area contributed by atoms with E-state index in [-0.39, 0.29) is 6.42 Å². The van der Waals surface area contributed by atoms with Crippen molar-refractivity contribution in [3.8, 4) is 0 Å². The summed E-state index contributed by atoms with van der Waals surface area (Å²) in [5.41, 5.74) is 5.77. The van der Waals surface area contributed by atoms with Gasteiger partial charge in [-0.25, -0.2) is 0 Å². The van der Waals surface area contributed by atoms with Crippen LogP contribution in [0.15, 0.2) is 22.9 Å². The van der Waals surface area contributed by atoms with Crippen LogP contribution in [-0.2, 0) is 10.3 Å². The molecule has 0 amide bonds. The van der Waals surface area contributed by atoms with Gasteiger partial charge >= 0.3 is 5.97 Å². The molecule has 0 aliphatic heterocycles. The van der Waals surface area contributed by atoms with E-state index < -0.39 is 11.5 Å². The molecular weight excluding hydrogens is 248 g/mol. The Labute approximate surface area is 90.3 Å². The van der Waals surface area contributed by atoms with Gasteiger partial charge in [0.25, 0.3) is 0 Å². The van der Waals surface area contributed by atoms with Crippen molar-refractivity contribution in [3.05, 3.63) is 28.5 Å². The third kappa shape index (κ3) is 2.52. The minimum absolute atomic E-state index is 0.115. The van der Waals surface area contributed by atoms with E-state index in [0.29, 0.717) is 0 Å². The minimum atomic E-state index is -0.918. The topological polar surface area (TPSA) is 76.2 Å². The van der Waals surface area contributed by atoms with Crippen molar-refractivity contribution in [1.82, 2.24) is 4.98 Å². The summed E-state index contributed by atoms with van der Waals surface area (Å²) in [7, 11) is 0. The van der Waals surface area contributed by atoms with E-state index in [0.717, 1.165) is 10.0 Å². The number of aliphatic carboxylic acids is 1. The summed E-state index contributed by atoms with van der Waals surface area (Å²) >= 11 is 3.29. The first-order chi connectivity index (χ1) is 6.43. The second-order valence-corrected chi connectivity index (χ2v) is 4.20. The van der Waals surface area contributed by atoms with Crippen molar-refractivity contribution in [1.29, 1.82) is 0 Å².